The molecule has 34 heavy (non-hydrogen) atoms. The van der Waals surface area contributed by atoms with Gasteiger partial charge in [-0.1, -0.05) is 60.1 Å². The summed E-state index contributed by atoms with van der Waals surface area (Å²) >= 11 is 7.82. The largest absolute Gasteiger partial charge is 0.496 e. The number of halogens is 1. The Balaban J connectivity index is 1.58. The van der Waals surface area contributed by atoms with E-state index >= 15 is 0 Å². The molecule has 0 saturated heterocycles. The summed E-state index contributed by atoms with van der Waals surface area (Å²) in [6, 6.07) is 29.1. The van der Waals surface area contributed by atoms with Gasteiger partial charge in [-0.3, -0.25) is 9.59 Å². The Morgan fingerprint density at radius 1 is 0.853 bits per heavy atom. The highest BCUT2D eigenvalue weighted by atomic mass is 35.5. The van der Waals surface area contributed by atoms with Crippen LogP contribution in [0.2, 0.25) is 5.02 Å². The molecule has 4 aromatic rings. The number of nitrogens with one attached hydrogen (secondary N) is 1. The van der Waals surface area contributed by atoms with Gasteiger partial charge in [-0.05, 0) is 48.5 Å². The first-order chi connectivity index (χ1) is 16.5. The molecule has 4 aromatic carbocycles. The zero-order valence-electron chi connectivity index (χ0n) is 18.5. The van der Waals surface area contributed by atoms with Crippen LogP contribution in [0.25, 0.3) is 0 Å². The highest BCUT2D eigenvalue weighted by Crippen LogP contribution is 2.30. The molecule has 0 fully saturated rings. The van der Waals surface area contributed by atoms with Gasteiger partial charge in [0.2, 0.25) is 0 Å². The molecule has 4 nitrogen and oxygen atoms in total. The van der Waals surface area contributed by atoms with Gasteiger partial charge in [0.25, 0.3) is 5.91 Å². The number of ether oxygens (including phenoxy) is 1. The lowest BCUT2D eigenvalue weighted by atomic mass is 10.0. The van der Waals surface area contributed by atoms with E-state index in [4.69, 9.17) is 16.3 Å². The monoisotopic (exact) mass is 487 g/mol. The molecule has 0 saturated carbocycles. The van der Waals surface area contributed by atoms with E-state index in [1.807, 2.05) is 42.5 Å². The molecule has 1 N–H and O–H groups in total. The van der Waals surface area contributed by atoms with Crippen molar-refractivity contribution in [2.75, 3.05) is 12.4 Å². The van der Waals surface area contributed by atoms with Gasteiger partial charge < -0.3 is 10.1 Å². The van der Waals surface area contributed by atoms with Gasteiger partial charge in [-0.15, -0.1) is 11.8 Å². The zero-order chi connectivity index (χ0) is 23.9. The average Bonchev–Trinajstić information content (AvgIpc) is 2.89. The summed E-state index contributed by atoms with van der Waals surface area (Å²) in [5.41, 5.74) is 2.63. The normalized spacial score (nSPS) is 10.5. The van der Waals surface area contributed by atoms with Gasteiger partial charge >= 0.3 is 0 Å². The van der Waals surface area contributed by atoms with Crippen molar-refractivity contribution in [3.63, 3.8) is 0 Å². The van der Waals surface area contributed by atoms with E-state index in [0.29, 0.717) is 38.9 Å². The van der Waals surface area contributed by atoms with E-state index in [9.17, 15) is 9.59 Å². The highest BCUT2D eigenvalue weighted by Gasteiger charge is 2.18. The summed E-state index contributed by atoms with van der Waals surface area (Å²) in [6.45, 7) is 0. The Bertz CT molecular complexity index is 1310. The Labute approximate surface area is 207 Å². The molecule has 0 heterocycles. The fourth-order valence-corrected chi connectivity index (χ4v) is 4.53. The third-order valence-corrected chi connectivity index (χ3v) is 6.49. The maximum absolute atomic E-state index is 13.1. The van der Waals surface area contributed by atoms with Crippen molar-refractivity contribution in [1.82, 2.24) is 0 Å². The third kappa shape index (κ3) is 5.68. The molecule has 1 amide bonds. The number of rotatable bonds is 8. The Kier molecular flexibility index (Phi) is 7.68. The van der Waals surface area contributed by atoms with Gasteiger partial charge in [0.05, 0.1) is 12.8 Å². The molecule has 6 heteroatoms. The van der Waals surface area contributed by atoms with Crippen LogP contribution in [-0.2, 0) is 5.75 Å². The van der Waals surface area contributed by atoms with Crippen molar-refractivity contribution in [2.45, 2.75) is 10.6 Å². The predicted octanol–water partition coefficient (Wildman–Crippen LogP) is 7.12. The van der Waals surface area contributed by atoms with Crippen LogP contribution < -0.4 is 10.1 Å². The SMILES string of the molecule is COc1ccc(C(=O)Nc2ccc(Cl)cc2C(=O)c2ccccc2)cc1CSc1ccccc1. The number of anilines is 1. The minimum Gasteiger partial charge on any atom is -0.496 e. The molecule has 170 valence electrons. The number of thioether (sulfide) groups is 1. The summed E-state index contributed by atoms with van der Waals surface area (Å²) in [6.07, 6.45) is 0. The first kappa shape index (κ1) is 23.6. The quantitative estimate of drug-likeness (QED) is 0.212. The molecule has 0 atom stereocenters. The van der Waals surface area contributed by atoms with E-state index in [2.05, 4.69) is 5.32 Å². The topological polar surface area (TPSA) is 55.4 Å². The number of benzene rings is 4. The molecule has 0 unspecified atom stereocenters. The van der Waals surface area contributed by atoms with Crippen LogP contribution in [0, 0.1) is 0 Å². The number of ketones is 1. The Hall–Kier alpha value is -3.54. The van der Waals surface area contributed by atoms with Crippen LogP contribution in [0.5, 0.6) is 5.75 Å². The van der Waals surface area contributed by atoms with E-state index < -0.39 is 0 Å². The average molecular weight is 488 g/mol. The lowest BCUT2D eigenvalue weighted by Crippen LogP contribution is -2.15. The number of amides is 1. The van der Waals surface area contributed by atoms with Crippen LogP contribution in [0.3, 0.4) is 0 Å². The molecule has 0 bridgehead atoms. The summed E-state index contributed by atoms with van der Waals surface area (Å²) in [5.74, 6) is 0.824. The molecular weight excluding hydrogens is 466 g/mol. The molecule has 0 aromatic heterocycles. The maximum Gasteiger partial charge on any atom is 0.255 e. The molecule has 0 aliphatic heterocycles. The predicted molar refractivity (Wildman–Crippen MR) is 138 cm³/mol. The van der Waals surface area contributed by atoms with Crippen LogP contribution in [0.1, 0.15) is 31.8 Å². The van der Waals surface area contributed by atoms with E-state index in [0.717, 1.165) is 10.5 Å². The summed E-state index contributed by atoms with van der Waals surface area (Å²) in [7, 11) is 1.61. The number of hydrogen-bond donors (Lipinski definition) is 1. The minimum atomic E-state index is -0.321. The van der Waals surface area contributed by atoms with Crippen LogP contribution in [-0.4, -0.2) is 18.8 Å². The summed E-state index contributed by atoms with van der Waals surface area (Å²) in [5, 5.41) is 3.30. The van der Waals surface area contributed by atoms with E-state index in [1.165, 1.54) is 0 Å². The lowest BCUT2D eigenvalue weighted by molar-refractivity contribution is 0.102. The van der Waals surface area contributed by atoms with Gasteiger partial charge in [-0.25, -0.2) is 0 Å². The lowest BCUT2D eigenvalue weighted by Gasteiger charge is -2.13. The highest BCUT2D eigenvalue weighted by molar-refractivity contribution is 7.98. The summed E-state index contributed by atoms with van der Waals surface area (Å²) in [4.78, 5) is 27.3. The second-order valence-corrected chi connectivity index (χ2v) is 8.95. The number of carbonyl (C=O) groups is 2. The van der Waals surface area contributed by atoms with Crippen molar-refractivity contribution in [3.8, 4) is 5.75 Å². The fourth-order valence-electron chi connectivity index (χ4n) is 3.46. The van der Waals surface area contributed by atoms with Crippen molar-refractivity contribution >= 4 is 40.7 Å². The van der Waals surface area contributed by atoms with E-state index in [1.54, 1.807) is 73.5 Å². The van der Waals surface area contributed by atoms with Gasteiger partial charge in [0.15, 0.2) is 5.78 Å². The number of carbonyl (C=O) groups excluding carboxylic acids is 2. The summed E-state index contributed by atoms with van der Waals surface area (Å²) < 4.78 is 5.50. The van der Waals surface area contributed by atoms with Gasteiger partial charge in [0, 0.05) is 37.9 Å². The molecule has 0 aliphatic carbocycles. The van der Waals surface area contributed by atoms with Crippen LogP contribution >= 0.6 is 23.4 Å². The fraction of sp³-hybridized carbons (Fsp3) is 0.0714. The second kappa shape index (κ2) is 11.1. The molecule has 0 spiro atoms. The maximum atomic E-state index is 13.1. The molecule has 4 rings (SSSR count). The zero-order valence-corrected chi connectivity index (χ0v) is 20.0. The van der Waals surface area contributed by atoms with Crippen LogP contribution in [0.15, 0.2) is 102 Å². The first-order valence-corrected chi connectivity index (χ1v) is 12.0. The number of hydrogen-bond acceptors (Lipinski definition) is 4. The van der Waals surface area contributed by atoms with Crippen LogP contribution in [0.4, 0.5) is 5.69 Å². The molecule has 0 radical (unpaired) electrons. The van der Waals surface area contributed by atoms with Crippen molar-refractivity contribution < 1.29 is 14.3 Å². The second-order valence-electron chi connectivity index (χ2n) is 7.47. The van der Waals surface area contributed by atoms with Crippen molar-refractivity contribution in [1.29, 1.82) is 0 Å². The third-order valence-electron chi connectivity index (χ3n) is 5.19. The standard InChI is InChI=1S/C28H22ClNO3S/c1-33-26-15-12-20(16-21(26)18-34-23-10-6-3-7-11-23)28(32)30-25-14-13-22(29)17-24(25)27(31)19-8-4-2-5-9-19/h2-17H,18H2,1H3,(H,30,32). The van der Waals surface area contributed by atoms with Crippen molar-refractivity contribution in [2.24, 2.45) is 0 Å². The van der Waals surface area contributed by atoms with Crippen molar-refractivity contribution in [3.05, 3.63) is 124 Å². The number of methoxy groups -OCH3 is 1. The van der Waals surface area contributed by atoms with Gasteiger partial charge in [0.1, 0.15) is 5.75 Å². The Morgan fingerprint density at radius 3 is 2.26 bits per heavy atom. The van der Waals surface area contributed by atoms with Gasteiger partial charge in [-0.2, -0.15) is 0 Å². The smallest absolute Gasteiger partial charge is 0.255 e. The first-order valence-electron chi connectivity index (χ1n) is 10.6. The Morgan fingerprint density at radius 2 is 1.56 bits per heavy atom. The van der Waals surface area contributed by atoms with E-state index in [-0.39, 0.29) is 11.7 Å². The minimum absolute atomic E-state index is 0.215. The molecule has 0 aliphatic rings. The molecular formula is C28H22ClNO3S.